The molecular weight excluding hydrogens is 448 g/mol. The number of aromatic nitrogens is 6. The molecule has 1 atom stereocenters. The number of aryl methyl sites for hydroxylation is 1. The maximum atomic E-state index is 4.35. The molecule has 36 heavy (non-hydrogen) atoms. The van der Waals surface area contributed by atoms with Crippen LogP contribution in [0.5, 0.6) is 0 Å². The van der Waals surface area contributed by atoms with Crippen molar-refractivity contribution in [1.82, 2.24) is 39.5 Å². The van der Waals surface area contributed by atoms with E-state index in [0.29, 0.717) is 0 Å². The lowest BCUT2D eigenvalue weighted by atomic mass is 9.81. The molecule has 0 aliphatic carbocycles. The Hall–Kier alpha value is -3.75. The van der Waals surface area contributed by atoms with Crippen molar-refractivity contribution in [1.29, 1.82) is 0 Å². The van der Waals surface area contributed by atoms with Gasteiger partial charge >= 0.3 is 0 Å². The number of nitrogens with one attached hydrogen (secondary N) is 2. The fourth-order valence-corrected chi connectivity index (χ4v) is 5.72. The summed E-state index contributed by atoms with van der Waals surface area (Å²) in [5.41, 5.74) is 4.88. The Bertz CT molecular complexity index is 1370. The largest absolute Gasteiger partial charge is 0.361 e. The normalized spacial score (nSPS) is 16.3. The van der Waals surface area contributed by atoms with Gasteiger partial charge in [-0.2, -0.15) is 0 Å². The highest BCUT2D eigenvalue weighted by Gasteiger charge is 2.39. The zero-order valence-electron chi connectivity index (χ0n) is 20.4. The SMILES string of the molecule is c1ccc(C(CCCc2c[nH]c3ccc(-n4cnnc4)cc23)(Cn2ccnc2)N2CCNCC2)cc1. The second-order valence-corrected chi connectivity index (χ2v) is 9.64. The highest BCUT2D eigenvalue weighted by Crippen LogP contribution is 2.37. The number of nitrogens with zero attached hydrogens (tertiary/aromatic N) is 6. The molecule has 1 saturated heterocycles. The van der Waals surface area contributed by atoms with Gasteiger partial charge in [-0.25, -0.2) is 4.98 Å². The van der Waals surface area contributed by atoms with Crippen molar-refractivity contribution in [3.8, 4) is 5.69 Å². The van der Waals surface area contributed by atoms with E-state index < -0.39 is 0 Å². The maximum absolute atomic E-state index is 4.35. The summed E-state index contributed by atoms with van der Waals surface area (Å²) in [6, 6.07) is 17.5. The molecule has 5 aromatic rings. The summed E-state index contributed by atoms with van der Waals surface area (Å²) < 4.78 is 4.19. The van der Waals surface area contributed by atoms with E-state index >= 15 is 0 Å². The molecule has 2 N–H and O–H groups in total. The van der Waals surface area contributed by atoms with Gasteiger partial charge in [-0.1, -0.05) is 30.3 Å². The van der Waals surface area contributed by atoms with E-state index in [2.05, 4.69) is 95.9 Å². The number of rotatable bonds is 9. The Morgan fingerprint density at radius 1 is 0.944 bits per heavy atom. The predicted octanol–water partition coefficient (Wildman–Crippen LogP) is 3.77. The van der Waals surface area contributed by atoms with Gasteiger partial charge in [-0.05, 0) is 48.6 Å². The topological polar surface area (TPSA) is 79.6 Å². The fraction of sp³-hybridized carbons (Fsp3) is 0.321. The minimum absolute atomic E-state index is 0.0934. The minimum atomic E-state index is -0.0934. The van der Waals surface area contributed by atoms with Crippen LogP contribution in [0.3, 0.4) is 0 Å². The number of aromatic amines is 1. The Balaban J connectivity index is 1.30. The number of fused-ring (bicyclic) bond motifs is 1. The van der Waals surface area contributed by atoms with Crippen molar-refractivity contribution >= 4 is 10.9 Å². The Morgan fingerprint density at radius 2 is 1.78 bits per heavy atom. The average Bonchev–Trinajstić information content (AvgIpc) is 3.72. The van der Waals surface area contributed by atoms with Crippen LogP contribution in [0.1, 0.15) is 24.0 Å². The molecule has 0 amide bonds. The number of piperazine rings is 1. The standard InChI is InChI=1S/C28H32N8/c1-2-6-24(7-3-1)28(19-34-14-11-30-20-34,36-15-12-29-13-16-36)10-4-5-23-18-31-27-9-8-25(17-26(23)27)35-21-32-33-22-35/h1-3,6-9,11,14,17-18,20-22,29,31H,4-5,10,12-13,15-16,19H2. The summed E-state index contributed by atoms with van der Waals surface area (Å²) in [7, 11) is 0. The molecule has 3 aromatic heterocycles. The van der Waals surface area contributed by atoms with Crippen LogP contribution in [0.2, 0.25) is 0 Å². The van der Waals surface area contributed by atoms with E-state index in [9.17, 15) is 0 Å². The highest BCUT2D eigenvalue weighted by molar-refractivity contribution is 5.85. The van der Waals surface area contributed by atoms with Gasteiger partial charge < -0.3 is 14.9 Å². The lowest BCUT2D eigenvalue weighted by molar-refractivity contribution is 0.0441. The molecular formula is C28H32N8. The number of imidazole rings is 1. The van der Waals surface area contributed by atoms with Crippen LogP contribution in [-0.4, -0.2) is 60.4 Å². The van der Waals surface area contributed by atoms with Gasteiger partial charge in [0.15, 0.2) is 0 Å². The molecule has 0 saturated carbocycles. The van der Waals surface area contributed by atoms with Crippen LogP contribution >= 0.6 is 0 Å². The Morgan fingerprint density at radius 3 is 2.56 bits per heavy atom. The fourth-order valence-electron chi connectivity index (χ4n) is 5.72. The van der Waals surface area contributed by atoms with E-state index in [1.807, 2.05) is 17.1 Å². The smallest absolute Gasteiger partial charge is 0.123 e. The van der Waals surface area contributed by atoms with Gasteiger partial charge in [0.25, 0.3) is 0 Å². The Labute approximate surface area is 211 Å². The third-order valence-electron chi connectivity index (χ3n) is 7.54. The second kappa shape index (κ2) is 10.1. The van der Waals surface area contributed by atoms with Gasteiger partial charge in [0, 0.05) is 67.9 Å². The van der Waals surface area contributed by atoms with Gasteiger partial charge in [0.1, 0.15) is 12.7 Å². The molecule has 6 rings (SSSR count). The van der Waals surface area contributed by atoms with Gasteiger partial charge in [-0.3, -0.25) is 9.47 Å². The van der Waals surface area contributed by atoms with Crippen LogP contribution in [-0.2, 0) is 18.5 Å². The monoisotopic (exact) mass is 480 g/mol. The Kier molecular flexibility index (Phi) is 6.36. The van der Waals surface area contributed by atoms with Crippen molar-refractivity contribution in [2.24, 2.45) is 0 Å². The van der Waals surface area contributed by atoms with Crippen molar-refractivity contribution in [2.45, 2.75) is 31.3 Å². The number of hydrogen-bond donors (Lipinski definition) is 2. The molecule has 1 aliphatic heterocycles. The molecule has 1 aliphatic rings. The summed E-state index contributed by atoms with van der Waals surface area (Å²) in [4.78, 5) is 10.5. The van der Waals surface area contributed by atoms with Crippen LogP contribution < -0.4 is 5.32 Å². The van der Waals surface area contributed by atoms with Crippen molar-refractivity contribution in [3.63, 3.8) is 0 Å². The summed E-state index contributed by atoms with van der Waals surface area (Å²) in [6.07, 6.45) is 14.7. The zero-order chi connectivity index (χ0) is 24.2. The summed E-state index contributed by atoms with van der Waals surface area (Å²) in [6.45, 7) is 5.01. The van der Waals surface area contributed by atoms with E-state index in [-0.39, 0.29) is 5.54 Å². The number of benzene rings is 2. The lowest BCUT2D eigenvalue weighted by Gasteiger charge is -2.47. The lowest BCUT2D eigenvalue weighted by Crippen LogP contribution is -2.56. The van der Waals surface area contributed by atoms with E-state index in [4.69, 9.17) is 0 Å². The van der Waals surface area contributed by atoms with Crippen LogP contribution in [0.15, 0.2) is 86.1 Å². The second-order valence-electron chi connectivity index (χ2n) is 9.64. The van der Waals surface area contributed by atoms with Gasteiger partial charge in [-0.15, -0.1) is 10.2 Å². The summed E-state index contributed by atoms with van der Waals surface area (Å²) in [5, 5.41) is 12.7. The maximum Gasteiger partial charge on any atom is 0.123 e. The third kappa shape index (κ3) is 4.45. The zero-order valence-corrected chi connectivity index (χ0v) is 20.4. The molecule has 4 heterocycles. The van der Waals surface area contributed by atoms with Gasteiger partial charge in [0.05, 0.1) is 11.9 Å². The molecule has 184 valence electrons. The summed E-state index contributed by atoms with van der Waals surface area (Å²) >= 11 is 0. The first kappa shape index (κ1) is 22.7. The first-order chi connectivity index (χ1) is 17.8. The summed E-state index contributed by atoms with van der Waals surface area (Å²) in [5.74, 6) is 0. The molecule has 2 aromatic carbocycles. The van der Waals surface area contributed by atoms with E-state index in [1.165, 1.54) is 16.5 Å². The first-order valence-electron chi connectivity index (χ1n) is 12.7. The highest BCUT2D eigenvalue weighted by atomic mass is 15.3. The molecule has 0 bridgehead atoms. The predicted molar refractivity (Wildman–Crippen MR) is 141 cm³/mol. The van der Waals surface area contributed by atoms with Crippen molar-refractivity contribution < 1.29 is 0 Å². The molecule has 1 fully saturated rings. The van der Waals surface area contributed by atoms with Crippen molar-refractivity contribution in [3.05, 3.63) is 97.2 Å². The van der Waals surface area contributed by atoms with Crippen LogP contribution in [0.25, 0.3) is 16.6 Å². The molecule has 0 spiro atoms. The molecule has 1 unspecified atom stereocenters. The van der Waals surface area contributed by atoms with Crippen LogP contribution in [0, 0.1) is 0 Å². The molecule has 8 heteroatoms. The quantitative estimate of drug-likeness (QED) is 0.336. The van der Waals surface area contributed by atoms with E-state index in [1.54, 1.807) is 12.7 Å². The molecule has 0 radical (unpaired) electrons. The first-order valence-corrected chi connectivity index (χ1v) is 12.7. The minimum Gasteiger partial charge on any atom is -0.361 e. The average molecular weight is 481 g/mol. The van der Waals surface area contributed by atoms with Crippen molar-refractivity contribution in [2.75, 3.05) is 26.2 Å². The third-order valence-corrected chi connectivity index (χ3v) is 7.54. The number of hydrogen-bond acceptors (Lipinski definition) is 5. The van der Waals surface area contributed by atoms with Crippen LogP contribution in [0.4, 0.5) is 0 Å². The molecule has 8 nitrogen and oxygen atoms in total. The van der Waals surface area contributed by atoms with E-state index in [0.717, 1.165) is 63.2 Å². The number of H-pyrrole nitrogens is 1. The van der Waals surface area contributed by atoms with Gasteiger partial charge in [0.2, 0.25) is 0 Å².